The van der Waals surface area contributed by atoms with Crippen molar-refractivity contribution in [3.63, 3.8) is 0 Å². The van der Waals surface area contributed by atoms with E-state index in [9.17, 15) is 18.0 Å². The average molecular weight is 564 g/mol. The van der Waals surface area contributed by atoms with Gasteiger partial charge in [0.05, 0.1) is 16.0 Å². The van der Waals surface area contributed by atoms with E-state index in [1.165, 1.54) is 31.2 Å². The normalized spacial score (nSPS) is 12.2. The molecule has 0 aliphatic rings. The number of rotatable bonds is 8. The molecule has 2 N–H and O–H groups in total. The van der Waals surface area contributed by atoms with Gasteiger partial charge in [-0.2, -0.15) is 0 Å². The van der Waals surface area contributed by atoms with E-state index in [4.69, 9.17) is 9.15 Å². The number of nitrogens with zero attached hydrogens (tertiary/aromatic N) is 3. The Hall–Kier alpha value is -4.62. The molecular weight excluding hydrogens is 542 g/mol. The molecule has 0 spiro atoms. The summed E-state index contributed by atoms with van der Waals surface area (Å²) in [7, 11) is -3.88. The third kappa shape index (κ3) is 5.78. The van der Waals surface area contributed by atoms with E-state index < -0.39 is 28.0 Å². The second-order valence-electron chi connectivity index (χ2n) is 8.33. The Balaban J connectivity index is 1.24. The van der Waals surface area contributed by atoms with Crippen molar-refractivity contribution in [2.75, 3.05) is 10.0 Å². The van der Waals surface area contributed by atoms with Gasteiger partial charge in [0.2, 0.25) is 11.0 Å². The zero-order valence-corrected chi connectivity index (χ0v) is 22.2. The van der Waals surface area contributed by atoms with E-state index in [1.54, 1.807) is 43.3 Å². The molecular formula is C26H21N5O6S2. The summed E-state index contributed by atoms with van der Waals surface area (Å²) in [6, 6.07) is 19.4. The van der Waals surface area contributed by atoms with Crippen molar-refractivity contribution in [3.8, 4) is 11.5 Å². The van der Waals surface area contributed by atoms with Gasteiger partial charge in [0, 0.05) is 5.69 Å². The zero-order chi connectivity index (χ0) is 27.6. The lowest BCUT2D eigenvalue weighted by Gasteiger charge is -2.15. The first kappa shape index (κ1) is 26.0. The predicted molar refractivity (Wildman–Crippen MR) is 145 cm³/mol. The lowest BCUT2D eigenvalue weighted by Crippen LogP contribution is -2.30. The van der Waals surface area contributed by atoms with Crippen LogP contribution in [0.15, 0.2) is 82.1 Å². The van der Waals surface area contributed by atoms with Crippen LogP contribution in [0.4, 0.5) is 10.8 Å². The van der Waals surface area contributed by atoms with E-state index in [-0.39, 0.29) is 21.5 Å². The number of hydrogen-bond acceptors (Lipinski definition) is 10. The monoisotopic (exact) mass is 563 g/mol. The first-order valence-electron chi connectivity index (χ1n) is 11.6. The highest BCUT2D eigenvalue weighted by atomic mass is 32.2. The molecule has 1 unspecified atom stereocenters. The number of carbonyl (C=O) groups excluding carboxylic acids is 2. The summed E-state index contributed by atoms with van der Waals surface area (Å²) in [6.07, 6.45) is -1.15. The third-order valence-corrected chi connectivity index (χ3v) is 7.74. The third-order valence-electron chi connectivity index (χ3n) is 5.50. The fourth-order valence-corrected chi connectivity index (χ4v) is 5.41. The Morgan fingerprint density at radius 3 is 2.41 bits per heavy atom. The Labute approximate surface area is 226 Å². The van der Waals surface area contributed by atoms with Gasteiger partial charge in [-0.1, -0.05) is 35.6 Å². The number of anilines is 2. The number of benzene rings is 3. The molecule has 198 valence electrons. The molecule has 2 aromatic heterocycles. The number of oxazole rings is 1. The molecule has 2 heterocycles. The van der Waals surface area contributed by atoms with Gasteiger partial charge in [0.1, 0.15) is 10.5 Å². The largest absolute Gasteiger partial charge is 0.449 e. The van der Waals surface area contributed by atoms with E-state index in [0.29, 0.717) is 27.4 Å². The molecule has 5 rings (SSSR count). The number of nitrogens with one attached hydrogen (secondary N) is 2. The fourth-order valence-electron chi connectivity index (χ4n) is 3.59. The van der Waals surface area contributed by atoms with Crippen molar-refractivity contribution in [1.82, 2.24) is 15.2 Å². The zero-order valence-electron chi connectivity index (χ0n) is 20.6. The summed E-state index contributed by atoms with van der Waals surface area (Å²) >= 11 is 1.11. The molecule has 0 aliphatic carbocycles. The van der Waals surface area contributed by atoms with Crippen molar-refractivity contribution in [2.24, 2.45) is 0 Å². The maximum absolute atomic E-state index is 13.0. The Morgan fingerprint density at radius 2 is 1.69 bits per heavy atom. The van der Waals surface area contributed by atoms with Crippen molar-refractivity contribution in [2.45, 2.75) is 24.8 Å². The van der Waals surface area contributed by atoms with E-state index in [1.807, 2.05) is 12.1 Å². The van der Waals surface area contributed by atoms with Gasteiger partial charge >= 0.3 is 5.97 Å². The number of fused-ring (bicyclic) bond motifs is 1. The second-order valence-corrected chi connectivity index (χ2v) is 11.2. The highest BCUT2D eigenvalue weighted by molar-refractivity contribution is 7.93. The smallest absolute Gasteiger partial charge is 0.339 e. The van der Waals surface area contributed by atoms with Crippen LogP contribution < -0.4 is 10.0 Å². The molecule has 0 radical (unpaired) electrons. The van der Waals surface area contributed by atoms with Crippen LogP contribution in [0.2, 0.25) is 0 Å². The molecule has 1 amide bonds. The minimum Gasteiger partial charge on any atom is -0.449 e. The number of carbonyl (C=O) groups is 2. The van der Waals surface area contributed by atoms with Crippen molar-refractivity contribution >= 4 is 55.2 Å². The van der Waals surface area contributed by atoms with Crippen LogP contribution >= 0.6 is 11.3 Å². The predicted octanol–water partition coefficient (Wildman–Crippen LogP) is 4.64. The minimum absolute atomic E-state index is 0.0244. The maximum atomic E-state index is 13.0. The molecule has 0 bridgehead atoms. The molecule has 0 aliphatic heterocycles. The number of amides is 1. The average Bonchev–Trinajstić information content (AvgIpc) is 3.54. The quantitative estimate of drug-likeness (QED) is 0.257. The van der Waals surface area contributed by atoms with E-state index in [2.05, 4.69) is 25.2 Å². The van der Waals surface area contributed by atoms with Crippen LogP contribution in [0.25, 0.3) is 22.6 Å². The molecule has 13 heteroatoms. The number of hydrogen-bond donors (Lipinski definition) is 2. The molecule has 11 nitrogen and oxygen atoms in total. The fraction of sp³-hybridized carbons (Fsp3) is 0.115. The molecule has 3 aromatic carbocycles. The van der Waals surface area contributed by atoms with Gasteiger partial charge in [0.15, 0.2) is 11.7 Å². The highest BCUT2D eigenvalue weighted by Crippen LogP contribution is 2.28. The highest BCUT2D eigenvalue weighted by Gasteiger charge is 2.23. The topological polar surface area (TPSA) is 153 Å². The van der Waals surface area contributed by atoms with Crippen molar-refractivity contribution < 1.29 is 27.2 Å². The first-order valence-corrected chi connectivity index (χ1v) is 13.9. The number of sulfonamides is 1. The summed E-state index contributed by atoms with van der Waals surface area (Å²) in [4.78, 5) is 30.1. The van der Waals surface area contributed by atoms with Gasteiger partial charge in [-0.25, -0.2) is 18.2 Å². The van der Waals surface area contributed by atoms with Crippen molar-refractivity contribution in [1.29, 1.82) is 0 Å². The maximum Gasteiger partial charge on any atom is 0.339 e. The van der Waals surface area contributed by atoms with E-state index in [0.717, 1.165) is 11.3 Å². The molecule has 1 atom stereocenters. The minimum atomic E-state index is -3.88. The molecule has 0 saturated carbocycles. The SMILES string of the molecule is Cc1nnc(NS(=O)(=O)c2ccc(NC(=O)C(C)OC(=O)c3ccccc3-c3nc4ccccc4o3)cc2)s1. The van der Waals surface area contributed by atoms with Gasteiger partial charge in [-0.3, -0.25) is 9.52 Å². The summed E-state index contributed by atoms with van der Waals surface area (Å²) < 4.78 is 38.7. The summed E-state index contributed by atoms with van der Waals surface area (Å²) in [5.74, 6) is -1.07. The Kier molecular flexibility index (Phi) is 7.09. The van der Waals surface area contributed by atoms with Crippen LogP contribution in [0, 0.1) is 6.92 Å². The lowest BCUT2D eigenvalue weighted by molar-refractivity contribution is -0.123. The van der Waals surface area contributed by atoms with Crippen LogP contribution in [0.1, 0.15) is 22.3 Å². The number of para-hydroxylation sites is 2. The molecule has 0 fully saturated rings. The Morgan fingerprint density at radius 1 is 0.974 bits per heavy atom. The van der Waals surface area contributed by atoms with Gasteiger partial charge in [-0.15, -0.1) is 10.2 Å². The number of aryl methyl sites for hydroxylation is 1. The number of esters is 1. The van der Waals surface area contributed by atoms with Crippen LogP contribution in [-0.2, 0) is 19.6 Å². The second kappa shape index (κ2) is 10.6. The number of ether oxygens (including phenoxy) is 1. The van der Waals surface area contributed by atoms with E-state index >= 15 is 0 Å². The van der Waals surface area contributed by atoms with Crippen LogP contribution in [0.3, 0.4) is 0 Å². The van der Waals surface area contributed by atoms with Crippen LogP contribution in [-0.4, -0.2) is 41.6 Å². The first-order chi connectivity index (χ1) is 18.7. The number of aromatic nitrogens is 3. The summed E-state index contributed by atoms with van der Waals surface area (Å²) in [5, 5.41) is 10.9. The van der Waals surface area contributed by atoms with Gasteiger partial charge in [-0.05, 0) is 62.4 Å². The molecule has 5 aromatic rings. The Bertz CT molecular complexity index is 1750. The standard InChI is InChI=1S/C26H21N5O6S2/c1-15(23(32)27-17-11-13-18(14-12-17)39(34,35)31-26-30-29-16(2)38-26)36-25(33)20-8-4-3-7-19(20)24-28-21-9-5-6-10-22(21)37-24/h3-15H,1-2H3,(H,27,32)(H,30,31). The summed E-state index contributed by atoms with van der Waals surface area (Å²) in [5.41, 5.74) is 2.17. The summed E-state index contributed by atoms with van der Waals surface area (Å²) in [6.45, 7) is 3.14. The molecule has 0 saturated heterocycles. The van der Waals surface area contributed by atoms with Gasteiger partial charge < -0.3 is 14.5 Å². The van der Waals surface area contributed by atoms with Crippen molar-refractivity contribution in [3.05, 3.63) is 83.4 Å². The van der Waals surface area contributed by atoms with Crippen LogP contribution in [0.5, 0.6) is 0 Å². The van der Waals surface area contributed by atoms with Gasteiger partial charge in [0.25, 0.3) is 15.9 Å². The lowest BCUT2D eigenvalue weighted by atomic mass is 10.1. The molecule has 39 heavy (non-hydrogen) atoms.